The Labute approximate surface area is 97.9 Å². The largest absolute Gasteiger partial charge is 0.485 e. The number of nitrogens with zero attached hydrogens (tertiary/aromatic N) is 1. The fourth-order valence-electron chi connectivity index (χ4n) is 1.71. The summed E-state index contributed by atoms with van der Waals surface area (Å²) < 4.78 is 48.7. The molecule has 0 aromatic heterocycles. The predicted octanol–water partition coefficient (Wildman–Crippen LogP) is 2.67. The molecule has 0 aliphatic carbocycles. The van der Waals surface area contributed by atoms with Crippen LogP contribution in [0.2, 0.25) is 0 Å². The van der Waals surface area contributed by atoms with Crippen LogP contribution in [0.4, 0.5) is 13.2 Å². The molecule has 0 spiro atoms. The summed E-state index contributed by atoms with van der Waals surface area (Å²) in [7, 11) is -2.83. The summed E-state index contributed by atoms with van der Waals surface area (Å²) >= 11 is 3.26. The van der Waals surface area contributed by atoms with Crippen molar-refractivity contribution in [3.05, 3.63) is 0 Å². The topological polar surface area (TPSA) is 20.3 Å². The van der Waals surface area contributed by atoms with Gasteiger partial charge in [-0.2, -0.15) is 13.2 Å². The lowest BCUT2D eigenvalue weighted by Crippen LogP contribution is -2.41. The minimum Gasteiger partial charge on any atom is -0.233 e. The number of piperidine rings is 1. The molecule has 2 nitrogen and oxygen atoms in total. The smallest absolute Gasteiger partial charge is 0.233 e. The van der Waals surface area contributed by atoms with Crippen molar-refractivity contribution in [1.82, 2.24) is 4.31 Å². The number of rotatable bonds is 3. The zero-order chi connectivity index (χ0) is 11.5. The van der Waals surface area contributed by atoms with E-state index in [-0.39, 0.29) is 19.0 Å². The van der Waals surface area contributed by atoms with Crippen molar-refractivity contribution in [3.63, 3.8) is 0 Å². The molecule has 0 amide bonds. The Morgan fingerprint density at radius 1 is 1.47 bits per heavy atom. The summed E-state index contributed by atoms with van der Waals surface area (Å²) in [5.74, 6) is 0.226. The van der Waals surface area contributed by atoms with Crippen LogP contribution in [-0.4, -0.2) is 32.4 Å². The minimum atomic E-state index is -4.61. The molecule has 15 heavy (non-hydrogen) atoms. The molecule has 1 rings (SSSR count). The van der Waals surface area contributed by atoms with Gasteiger partial charge in [0.1, 0.15) is 0 Å². The summed E-state index contributed by atoms with van der Waals surface area (Å²) in [5, 5.41) is 0.782. The van der Waals surface area contributed by atoms with Crippen molar-refractivity contribution >= 4 is 26.9 Å². The molecule has 1 aliphatic heterocycles. The van der Waals surface area contributed by atoms with Crippen LogP contribution < -0.4 is 0 Å². The summed E-state index contributed by atoms with van der Waals surface area (Å²) in [5.41, 5.74) is -4.61. The zero-order valence-corrected chi connectivity index (χ0v) is 10.5. The van der Waals surface area contributed by atoms with E-state index in [1.165, 1.54) is 0 Å². The lowest BCUT2D eigenvalue weighted by molar-refractivity contribution is -0.0436. The van der Waals surface area contributed by atoms with E-state index in [4.69, 9.17) is 0 Å². The zero-order valence-electron chi connectivity index (χ0n) is 8.10. The highest BCUT2D eigenvalue weighted by atomic mass is 79.9. The van der Waals surface area contributed by atoms with E-state index in [1.54, 1.807) is 0 Å². The SMILES string of the molecule is O=S(N1CCCC(CCBr)C1)C(F)(F)F. The lowest BCUT2D eigenvalue weighted by Gasteiger charge is -2.31. The molecule has 2 atom stereocenters. The van der Waals surface area contributed by atoms with Gasteiger partial charge in [0.25, 0.3) is 0 Å². The fourth-order valence-corrected chi connectivity index (χ4v) is 3.30. The average Bonchev–Trinajstić information content (AvgIpc) is 2.16. The second-order valence-corrected chi connectivity index (χ2v) is 5.84. The van der Waals surface area contributed by atoms with Gasteiger partial charge in [0.2, 0.25) is 11.0 Å². The Morgan fingerprint density at radius 3 is 2.67 bits per heavy atom. The first-order valence-corrected chi connectivity index (χ1v) is 6.97. The van der Waals surface area contributed by atoms with Crippen LogP contribution in [0.1, 0.15) is 19.3 Å². The lowest BCUT2D eigenvalue weighted by atomic mass is 9.97. The maximum Gasteiger partial charge on any atom is 0.485 e. The molecule has 0 saturated carbocycles. The van der Waals surface area contributed by atoms with Crippen molar-refractivity contribution in [2.45, 2.75) is 24.8 Å². The van der Waals surface area contributed by atoms with Crippen LogP contribution in [0.15, 0.2) is 0 Å². The van der Waals surface area contributed by atoms with Gasteiger partial charge < -0.3 is 0 Å². The molecule has 1 heterocycles. The highest BCUT2D eigenvalue weighted by Crippen LogP contribution is 2.28. The Balaban J connectivity index is 2.52. The molecular weight excluding hydrogens is 295 g/mol. The third-order valence-corrected chi connectivity index (χ3v) is 4.09. The van der Waals surface area contributed by atoms with E-state index in [1.807, 2.05) is 0 Å². The van der Waals surface area contributed by atoms with Crippen LogP contribution in [0.5, 0.6) is 0 Å². The van der Waals surface area contributed by atoms with Gasteiger partial charge in [0, 0.05) is 18.4 Å². The molecule has 0 aromatic rings. The predicted molar refractivity (Wildman–Crippen MR) is 56.9 cm³/mol. The molecule has 0 bridgehead atoms. The maximum absolute atomic E-state index is 12.2. The van der Waals surface area contributed by atoms with Gasteiger partial charge in [-0.3, -0.25) is 0 Å². The summed E-state index contributed by atoms with van der Waals surface area (Å²) in [4.78, 5) is 0. The van der Waals surface area contributed by atoms with Gasteiger partial charge in [-0.25, -0.2) is 8.51 Å². The average molecular weight is 308 g/mol. The van der Waals surface area contributed by atoms with Crippen molar-refractivity contribution in [3.8, 4) is 0 Å². The van der Waals surface area contributed by atoms with E-state index >= 15 is 0 Å². The Hall–Kier alpha value is 0.380. The number of halogens is 4. The first kappa shape index (κ1) is 13.4. The highest BCUT2D eigenvalue weighted by molar-refractivity contribution is 9.09. The van der Waals surface area contributed by atoms with Crippen molar-refractivity contribution < 1.29 is 17.4 Å². The van der Waals surface area contributed by atoms with E-state index in [9.17, 15) is 17.4 Å². The molecule has 1 aliphatic rings. The van der Waals surface area contributed by atoms with Crippen LogP contribution in [0, 0.1) is 5.92 Å². The first-order valence-electron chi connectivity index (χ1n) is 4.74. The number of hydrogen-bond acceptors (Lipinski definition) is 1. The van der Waals surface area contributed by atoms with Crippen molar-refractivity contribution in [2.24, 2.45) is 5.92 Å². The van der Waals surface area contributed by atoms with E-state index in [0.717, 1.165) is 22.5 Å². The third kappa shape index (κ3) is 4.03. The van der Waals surface area contributed by atoms with Gasteiger partial charge >= 0.3 is 5.51 Å². The summed E-state index contributed by atoms with van der Waals surface area (Å²) in [6.45, 7) is 0.572. The van der Waals surface area contributed by atoms with Gasteiger partial charge in [-0.05, 0) is 25.2 Å². The fraction of sp³-hybridized carbons (Fsp3) is 1.00. The second-order valence-electron chi connectivity index (χ2n) is 3.57. The molecule has 0 radical (unpaired) electrons. The molecule has 1 saturated heterocycles. The minimum absolute atomic E-state index is 0.226. The number of alkyl halides is 4. The number of hydrogen-bond donors (Lipinski definition) is 0. The maximum atomic E-state index is 12.2. The molecule has 0 N–H and O–H groups in total. The quantitative estimate of drug-likeness (QED) is 0.734. The Morgan fingerprint density at radius 2 is 2.13 bits per heavy atom. The van der Waals surface area contributed by atoms with Crippen LogP contribution in [-0.2, 0) is 11.0 Å². The van der Waals surface area contributed by atoms with Crippen molar-refractivity contribution in [1.29, 1.82) is 0 Å². The van der Waals surface area contributed by atoms with E-state index < -0.39 is 16.5 Å². The van der Waals surface area contributed by atoms with Crippen LogP contribution >= 0.6 is 15.9 Å². The summed E-state index contributed by atoms with van der Waals surface area (Å²) in [6, 6.07) is 0. The molecule has 2 unspecified atom stereocenters. The standard InChI is InChI=1S/C8H13BrF3NOS/c9-4-3-7-2-1-5-13(6-7)15(14)8(10,11)12/h7H,1-6H2. The van der Waals surface area contributed by atoms with E-state index in [0.29, 0.717) is 6.42 Å². The second kappa shape index (κ2) is 5.63. The Kier molecular flexibility index (Phi) is 5.05. The normalized spacial score (nSPS) is 26.5. The third-order valence-electron chi connectivity index (χ3n) is 2.43. The first-order chi connectivity index (χ1) is 6.95. The van der Waals surface area contributed by atoms with Gasteiger partial charge in [-0.15, -0.1) is 0 Å². The van der Waals surface area contributed by atoms with Crippen LogP contribution in [0.25, 0.3) is 0 Å². The molecule has 90 valence electrons. The molecular formula is C8H13BrF3NOS. The molecule has 0 aromatic carbocycles. The molecule has 1 fully saturated rings. The van der Waals surface area contributed by atoms with Crippen molar-refractivity contribution in [2.75, 3.05) is 18.4 Å². The monoisotopic (exact) mass is 307 g/mol. The van der Waals surface area contributed by atoms with Gasteiger partial charge in [-0.1, -0.05) is 15.9 Å². The molecule has 7 heteroatoms. The Bertz CT molecular complexity index is 234. The highest BCUT2D eigenvalue weighted by Gasteiger charge is 2.42. The van der Waals surface area contributed by atoms with E-state index in [2.05, 4.69) is 15.9 Å². The van der Waals surface area contributed by atoms with Gasteiger partial charge in [0.05, 0.1) is 0 Å². The van der Waals surface area contributed by atoms with Gasteiger partial charge in [0.15, 0.2) is 0 Å². The van der Waals surface area contributed by atoms with Crippen LogP contribution in [0.3, 0.4) is 0 Å². The summed E-state index contributed by atoms with van der Waals surface area (Å²) in [6.07, 6.45) is 2.46.